The van der Waals surface area contributed by atoms with Crippen LogP contribution in [0.25, 0.3) is 0 Å². The third-order valence-electron chi connectivity index (χ3n) is 6.95. The third-order valence-corrected chi connectivity index (χ3v) is 6.95. The minimum Gasteiger partial charge on any atom is -0.489 e. The Balaban J connectivity index is 1.57. The second kappa shape index (κ2) is 10.2. The maximum Gasteiger partial charge on any atom is 0.408 e. The van der Waals surface area contributed by atoms with Gasteiger partial charge in [-0.05, 0) is 64.8 Å². The lowest BCUT2D eigenvalue weighted by Gasteiger charge is -2.32. The molecule has 2 aliphatic heterocycles. The lowest BCUT2D eigenvalue weighted by atomic mass is 9.91. The van der Waals surface area contributed by atoms with Crippen LogP contribution in [0.5, 0.6) is 5.75 Å². The topological polar surface area (TPSA) is 126 Å². The molecule has 0 aromatic heterocycles. The molecule has 0 saturated carbocycles. The Morgan fingerprint density at radius 2 is 1.77 bits per heavy atom. The molecule has 2 saturated heterocycles. The van der Waals surface area contributed by atoms with Crippen molar-refractivity contribution in [1.82, 2.24) is 20.9 Å². The van der Waals surface area contributed by atoms with Crippen LogP contribution in [0.3, 0.4) is 0 Å². The molecule has 0 bridgehead atoms. The van der Waals surface area contributed by atoms with Crippen molar-refractivity contribution in [3.63, 3.8) is 0 Å². The summed E-state index contributed by atoms with van der Waals surface area (Å²) in [5.41, 5.74) is 0.379. The van der Waals surface area contributed by atoms with Gasteiger partial charge in [0.05, 0.1) is 6.54 Å². The first kappa shape index (κ1) is 27.9. The fraction of sp³-hybridized carbons (Fsp3) is 0.448. The Bertz CT molecular complexity index is 1300. The van der Waals surface area contributed by atoms with E-state index in [1.165, 1.54) is 4.90 Å². The van der Waals surface area contributed by atoms with Gasteiger partial charge in [-0.15, -0.1) is 0 Å². The van der Waals surface area contributed by atoms with Crippen LogP contribution < -0.4 is 20.7 Å². The van der Waals surface area contributed by atoms with Crippen molar-refractivity contribution in [2.75, 3.05) is 13.1 Å². The zero-order chi connectivity index (χ0) is 28.6. The fourth-order valence-corrected chi connectivity index (χ4v) is 4.83. The minimum absolute atomic E-state index is 0.0631. The van der Waals surface area contributed by atoms with E-state index in [1.54, 1.807) is 31.2 Å². The molecule has 10 heteroatoms. The molecule has 2 heterocycles. The van der Waals surface area contributed by atoms with Crippen molar-refractivity contribution in [2.24, 2.45) is 0 Å². The molecule has 0 radical (unpaired) electrons. The van der Waals surface area contributed by atoms with Gasteiger partial charge in [0.15, 0.2) is 0 Å². The number of hydrogen-bond donors (Lipinski definition) is 3. The highest BCUT2D eigenvalue weighted by Gasteiger charge is 2.54. The van der Waals surface area contributed by atoms with E-state index < -0.39 is 40.6 Å². The summed E-state index contributed by atoms with van der Waals surface area (Å²) >= 11 is 0. The Morgan fingerprint density at radius 1 is 1.08 bits per heavy atom. The van der Waals surface area contributed by atoms with Gasteiger partial charge in [-0.25, -0.2) is 9.59 Å². The van der Waals surface area contributed by atoms with Gasteiger partial charge in [-0.2, -0.15) is 0 Å². The maximum absolute atomic E-state index is 13.9. The monoisotopic (exact) mass is 536 g/mol. The van der Waals surface area contributed by atoms with Crippen LogP contribution in [0.4, 0.5) is 9.59 Å². The van der Waals surface area contributed by atoms with E-state index in [0.29, 0.717) is 17.9 Å². The number of imide groups is 1. The molecule has 4 rings (SSSR count). The maximum atomic E-state index is 13.9. The highest BCUT2D eigenvalue weighted by Crippen LogP contribution is 2.39. The highest BCUT2D eigenvalue weighted by molar-refractivity contribution is 6.07. The number of likely N-dealkylation sites (tertiary alicyclic amines) is 1. The number of benzene rings is 2. The molecule has 2 aliphatic rings. The summed E-state index contributed by atoms with van der Waals surface area (Å²) < 4.78 is 11.9. The first-order chi connectivity index (χ1) is 18.2. The van der Waals surface area contributed by atoms with E-state index in [1.807, 2.05) is 34.6 Å². The van der Waals surface area contributed by atoms with Crippen LogP contribution in [-0.2, 0) is 26.5 Å². The van der Waals surface area contributed by atoms with Crippen molar-refractivity contribution < 1.29 is 28.7 Å². The number of carbonyl (C=O) groups is 4. The number of ether oxygens (including phenoxy) is 2. The largest absolute Gasteiger partial charge is 0.489 e. The number of rotatable bonds is 7. The Hall–Kier alpha value is -4.08. The smallest absolute Gasteiger partial charge is 0.408 e. The predicted octanol–water partition coefficient (Wildman–Crippen LogP) is 3.43. The molecule has 2 aromatic rings. The molecule has 0 spiro atoms. The number of aryl methyl sites for hydroxylation is 2. The molecule has 2 aromatic carbocycles. The van der Waals surface area contributed by atoms with E-state index in [0.717, 1.165) is 16.7 Å². The normalized spacial score (nSPS) is 22.9. The van der Waals surface area contributed by atoms with Crippen LogP contribution >= 0.6 is 0 Å². The molecule has 2 atom stereocenters. The number of amides is 5. The summed E-state index contributed by atoms with van der Waals surface area (Å²) in [6.07, 6.45) is -0.552. The third kappa shape index (κ3) is 6.00. The number of alkyl carbamates (subject to hydrolysis) is 1. The SMILES string of the molecule is Cc1ccc(C)c(COc2ccc(C3(OC(=O)NC(C)(C)C)CCN(CC4(C)NC(=O)NC4=O)C3=O)cc2)c1. The van der Waals surface area contributed by atoms with E-state index in [2.05, 4.69) is 34.1 Å². The highest BCUT2D eigenvalue weighted by atomic mass is 16.6. The Labute approximate surface area is 228 Å². The average molecular weight is 537 g/mol. The van der Waals surface area contributed by atoms with Gasteiger partial charge in [0.1, 0.15) is 17.9 Å². The predicted molar refractivity (Wildman–Crippen MR) is 144 cm³/mol. The van der Waals surface area contributed by atoms with Crippen molar-refractivity contribution in [3.8, 4) is 5.75 Å². The number of nitrogens with one attached hydrogen (secondary N) is 3. The summed E-state index contributed by atoms with van der Waals surface area (Å²) in [7, 11) is 0. The summed E-state index contributed by atoms with van der Waals surface area (Å²) in [5.74, 6) is -0.380. The zero-order valence-electron chi connectivity index (χ0n) is 23.3. The molecule has 2 fully saturated rings. The van der Waals surface area contributed by atoms with Crippen LogP contribution in [0, 0.1) is 13.8 Å². The van der Waals surface area contributed by atoms with Gasteiger partial charge in [-0.1, -0.05) is 35.9 Å². The summed E-state index contributed by atoms with van der Waals surface area (Å²) in [6, 6.07) is 12.5. The van der Waals surface area contributed by atoms with Gasteiger partial charge < -0.3 is 25.0 Å². The minimum atomic E-state index is -1.60. The summed E-state index contributed by atoms with van der Waals surface area (Å²) in [4.78, 5) is 52.3. The molecular formula is C29H36N4O6. The number of urea groups is 1. The first-order valence-electron chi connectivity index (χ1n) is 12.9. The Morgan fingerprint density at radius 3 is 2.38 bits per heavy atom. The molecule has 39 heavy (non-hydrogen) atoms. The lowest BCUT2D eigenvalue weighted by Crippen LogP contribution is -2.55. The van der Waals surface area contributed by atoms with Crippen molar-refractivity contribution in [3.05, 3.63) is 64.7 Å². The second-order valence-corrected chi connectivity index (χ2v) is 11.6. The quantitative estimate of drug-likeness (QED) is 0.466. The zero-order valence-corrected chi connectivity index (χ0v) is 23.3. The molecule has 208 valence electrons. The van der Waals surface area contributed by atoms with Gasteiger partial charge in [0.2, 0.25) is 5.60 Å². The standard InChI is InChI=1S/C29H36N4O6/c1-18-7-8-19(2)20(15-18)16-38-22-11-9-21(10-12-22)29(39-26(37)32-27(3,4)5)13-14-33(24(29)35)17-28(6)23(34)30-25(36)31-28/h7-12,15H,13-14,16-17H2,1-6H3,(H,32,37)(H2,30,31,34,36). The molecule has 0 aliphatic carbocycles. The molecule has 2 unspecified atom stereocenters. The average Bonchev–Trinajstić information content (AvgIpc) is 3.28. The Kier molecular flexibility index (Phi) is 7.34. The van der Waals surface area contributed by atoms with Crippen LogP contribution in [0.2, 0.25) is 0 Å². The van der Waals surface area contributed by atoms with Crippen LogP contribution in [0.1, 0.15) is 56.4 Å². The summed E-state index contributed by atoms with van der Waals surface area (Å²) in [6.45, 7) is 11.6. The van der Waals surface area contributed by atoms with Gasteiger partial charge in [-0.3, -0.25) is 14.9 Å². The van der Waals surface area contributed by atoms with Crippen LogP contribution in [-0.4, -0.2) is 53.0 Å². The molecule has 10 nitrogen and oxygen atoms in total. The number of nitrogens with zero attached hydrogens (tertiary/aromatic N) is 1. The first-order valence-corrected chi connectivity index (χ1v) is 12.9. The van der Waals surface area contributed by atoms with Crippen molar-refractivity contribution in [1.29, 1.82) is 0 Å². The molecular weight excluding hydrogens is 500 g/mol. The van der Waals surface area contributed by atoms with Crippen molar-refractivity contribution >= 4 is 23.9 Å². The summed E-state index contributed by atoms with van der Waals surface area (Å²) in [5, 5.41) is 7.54. The second-order valence-electron chi connectivity index (χ2n) is 11.6. The lowest BCUT2D eigenvalue weighted by molar-refractivity contribution is -0.145. The van der Waals surface area contributed by atoms with E-state index >= 15 is 0 Å². The number of carbonyl (C=O) groups excluding carboxylic acids is 4. The van der Waals surface area contributed by atoms with E-state index in [4.69, 9.17) is 9.47 Å². The van der Waals surface area contributed by atoms with Crippen molar-refractivity contribution in [2.45, 2.75) is 71.2 Å². The van der Waals surface area contributed by atoms with Gasteiger partial charge in [0, 0.05) is 24.1 Å². The van der Waals surface area contributed by atoms with Crippen LogP contribution in [0.15, 0.2) is 42.5 Å². The molecule has 3 N–H and O–H groups in total. The molecule has 5 amide bonds. The van der Waals surface area contributed by atoms with Gasteiger partial charge in [0.25, 0.3) is 11.8 Å². The number of hydrogen-bond acceptors (Lipinski definition) is 6. The van der Waals surface area contributed by atoms with Gasteiger partial charge >= 0.3 is 12.1 Å². The van der Waals surface area contributed by atoms with E-state index in [9.17, 15) is 19.2 Å². The van der Waals surface area contributed by atoms with E-state index in [-0.39, 0.29) is 19.5 Å². The fourth-order valence-electron chi connectivity index (χ4n) is 4.83.